The number of ether oxygens (including phenoxy) is 3. The molecule has 7 nitrogen and oxygen atoms in total. The lowest BCUT2D eigenvalue weighted by Gasteiger charge is -2.37. The Morgan fingerprint density at radius 1 is 0.933 bits per heavy atom. The molecule has 1 fully saturated rings. The lowest BCUT2D eigenvalue weighted by Crippen LogP contribution is -2.52. The molecule has 8 heteroatoms. The number of halogens is 1. The van der Waals surface area contributed by atoms with E-state index in [1.54, 1.807) is 21.3 Å². The van der Waals surface area contributed by atoms with Gasteiger partial charge in [0.05, 0.1) is 21.3 Å². The summed E-state index contributed by atoms with van der Waals surface area (Å²) >= 11 is 0. The Kier molecular flexibility index (Phi) is 9.35. The number of rotatable bonds is 6. The van der Waals surface area contributed by atoms with E-state index in [0.717, 1.165) is 55.0 Å². The number of nitrogens with zero attached hydrogens (tertiary/aromatic N) is 3. The van der Waals surface area contributed by atoms with Gasteiger partial charge in [-0.25, -0.2) is 0 Å². The first kappa shape index (κ1) is 23.9. The molecule has 2 aromatic rings. The Balaban J connectivity index is 0.00000320. The smallest absolute Gasteiger partial charge is 0.194 e. The second kappa shape index (κ2) is 11.7. The summed E-state index contributed by atoms with van der Waals surface area (Å²) in [6.45, 7) is 4.30. The number of para-hydroxylation sites is 1. The van der Waals surface area contributed by atoms with Gasteiger partial charge in [0.25, 0.3) is 0 Å². The Labute approximate surface area is 196 Å². The molecule has 0 atom stereocenters. The maximum absolute atomic E-state index is 5.52. The fraction of sp³-hybridized carbons (Fsp3) is 0.409. The molecule has 2 aromatic carbocycles. The van der Waals surface area contributed by atoms with E-state index in [9.17, 15) is 0 Å². The third-order valence-corrected chi connectivity index (χ3v) is 5.15. The average molecular weight is 526 g/mol. The average Bonchev–Trinajstić information content (AvgIpc) is 2.79. The predicted molar refractivity (Wildman–Crippen MR) is 132 cm³/mol. The number of hydrogen-bond donors (Lipinski definition) is 1. The zero-order valence-electron chi connectivity index (χ0n) is 18.1. The highest BCUT2D eigenvalue weighted by Crippen LogP contribution is 2.30. The lowest BCUT2D eigenvalue weighted by molar-refractivity contribution is 0.350. The fourth-order valence-electron chi connectivity index (χ4n) is 3.57. The van der Waals surface area contributed by atoms with Crippen molar-refractivity contribution in [1.82, 2.24) is 10.2 Å². The third-order valence-electron chi connectivity index (χ3n) is 5.15. The number of nitrogens with one attached hydrogen (secondary N) is 1. The van der Waals surface area contributed by atoms with Crippen molar-refractivity contribution in [3.63, 3.8) is 0 Å². The van der Waals surface area contributed by atoms with Crippen LogP contribution < -0.4 is 24.4 Å². The molecule has 30 heavy (non-hydrogen) atoms. The van der Waals surface area contributed by atoms with E-state index in [4.69, 9.17) is 14.2 Å². The summed E-state index contributed by atoms with van der Waals surface area (Å²) < 4.78 is 16.2. The van der Waals surface area contributed by atoms with Crippen molar-refractivity contribution in [3.8, 4) is 17.2 Å². The Bertz CT molecular complexity index is 822. The maximum atomic E-state index is 5.52. The summed E-state index contributed by atoms with van der Waals surface area (Å²) in [5.74, 6) is 3.26. The van der Waals surface area contributed by atoms with Crippen molar-refractivity contribution in [1.29, 1.82) is 0 Å². The second-order valence-corrected chi connectivity index (χ2v) is 6.73. The first-order chi connectivity index (χ1) is 14.2. The van der Waals surface area contributed by atoms with Crippen LogP contribution in [0.5, 0.6) is 17.2 Å². The Morgan fingerprint density at radius 3 is 2.20 bits per heavy atom. The summed E-state index contributed by atoms with van der Waals surface area (Å²) in [5.41, 5.74) is 2.25. The molecular weight excluding hydrogens is 495 g/mol. The van der Waals surface area contributed by atoms with Gasteiger partial charge in [0.2, 0.25) is 0 Å². The van der Waals surface area contributed by atoms with Crippen molar-refractivity contribution in [2.45, 2.75) is 6.54 Å². The van der Waals surface area contributed by atoms with Crippen LogP contribution in [0.25, 0.3) is 0 Å². The van der Waals surface area contributed by atoms with E-state index in [1.165, 1.54) is 5.69 Å². The quantitative estimate of drug-likeness (QED) is 0.355. The second-order valence-electron chi connectivity index (χ2n) is 6.73. The minimum Gasteiger partial charge on any atom is -0.497 e. The lowest BCUT2D eigenvalue weighted by atomic mass is 10.2. The van der Waals surface area contributed by atoms with Gasteiger partial charge in [-0.1, -0.05) is 12.1 Å². The SMILES string of the molecule is CN=C(NCc1cccc(OC)c1OC)N1CCN(c2ccc(OC)cc2)CC1.I. The zero-order chi connectivity index (χ0) is 20.6. The van der Waals surface area contributed by atoms with Crippen LogP contribution in [0, 0.1) is 0 Å². The molecule has 0 saturated carbocycles. The first-order valence-corrected chi connectivity index (χ1v) is 9.74. The van der Waals surface area contributed by atoms with Gasteiger partial charge in [-0.15, -0.1) is 24.0 Å². The summed E-state index contributed by atoms with van der Waals surface area (Å²) in [7, 11) is 6.82. The van der Waals surface area contributed by atoms with Gasteiger partial charge >= 0.3 is 0 Å². The molecule has 0 amide bonds. The van der Waals surface area contributed by atoms with Crippen molar-refractivity contribution >= 4 is 35.6 Å². The molecule has 1 aliphatic rings. The zero-order valence-corrected chi connectivity index (χ0v) is 20.4. The Morgan fingerprint density at radius 2 is 1.63 bits per heavy atom. The van der Waals surface area contributed by atoms with E-state index in [2.05, 4.69) is 32.2 Å². The molecule has 0 aromatic heterocycles. The summed E-state index contributed by atoms with van der Waals surface area (Å²) in [4.78, 5) is 9.14. The standard InChI is InChI=1S/C22H30N4O3.HI/c1-23-22(24-16-17-6-5-7-20(28-3)21(17)29-4)26-14-12-25(13-15-26)18-8-10-19(27-2)11-9-18;/h5-11H,12-16H2,1-4H3,(H,23,24);1H. The number of aliphatic imine (C=N–C) groups is 1. The van der Waals surface area contributed by atoms with Gasteiger partial charge in [-0.05, 0) is 30.3 Å². The summed E-state index contributed by atoms with van der Waals surface area (Å²) in [6, 6.07) is 14.1. The molecule has 1 aliphatic heterocycles. The van der Waals surface area contributed by atoms with Crippen LogP contribution in [-0.4, -0.2) is 65.4 Å². The molecule has 0 aliphatic carbocycles. The molecule has 3 rings (SSSR count). The first-order valence-electron chi connectivity index (χ1n) is 9.74. The largest absolute Gasteiger partial charge is 0.497 e. The minimum absolute atomic E-state index is 0. The molecule has 0 spiro atoms. The van der Waals surface area contributed by atoms with Crippen molar-refractivity contribution in [2.24, 2.45) is 4.99 Å². The van der Waals surface area contributed by atoms with Gasteiger partial charge in [0.1, 0.15) is 5.75 Å². The van der Waals surface area contributed by atoms with Crippen LogP contribution >= 0.6 is 24.0 Å². The number of piperazine rings is 1. The van der Waals surface area contributed by atoms with E-state index < -0.39 is 0 Å². The highest BCUT2D eigenvalue weighted by Gasteiger charge is 2.20. The van der Waals surface area contributed by atoms with Gasteiger partial charge in [0.15, 0.2) is 17.5 Å². The van der Waals surface area contributed by atoms with Crippen LogP contribution in [0.4, 0.5) is 5.69 Å². The van der Waals surface area contributed by atoms with Crippen LogP contribution in [0.15, 0.2) is 47.5 Å². The minimum atomic E-state index is 0. The van der Waals surface area contributed by atoms with Crippen LogP contribution in [0.2, 0.25) is 0 Å². The van der Waals surface area contributed by atoms with E-state index >= 15 is 0 Å². The van der Waals surface area contributed by atoms with Crippen LogP contribution in [0.3, 0.4) is 0 Å². The van der Waals surface area contributed by atoms with Gasteiger partial charge in [-0.2, -0.15) is 0 Å². The Hall–Kier alpha value is -2.36. The number of benzene rings is 2. The van der Waals surface area contributed by atoms with Crippen LogP contribution in [0.1, 0.15) is 5.56 Å². The van der Waals surface area contributed by atoms with Gasteiger partial charge < -0.3 is 29.3 Å². The fourth-order valence-corrected chi connectivity index (χ4v) is 3.57. The summed E-state index contributed by atoms with van der Waals surface area (Å²) in [5, 5.41) is 3.46. The van der Waals surface area contributed by atoms with Gasteiger partial charge in [-0.3, -0.25) is 4.99 Å². The van der Waals surface area contributed by atoms with E-state index in [0.29, 0.717) is 6.54 Å². The number of anilines is 1. The normalized spacial score (nSPS) is 14.1. The van der Waals surface area contributed by atoms with Crippen molar-refractivity contribution in [2.75, 3.05) is 59.5 Å². The molecule has 1 N–H and O–H groups in total. The maximum Gasteiger partial charge on any atom is 0.194 e. The molecule has 0 unspecified atom stereocenters. The molecule has 1 heterocycles. The van der Waals surface area contributed by atoms with E-state index in [1.807, 2.05) is 37.4 Å². The number of methoxy groups -OCH3 is 3. The van der Waals surface area contributed by atoms with Crippen molar-refractivity contribution < 1.29 is 14.2 Å². The highest BCUT2D eigenvalue weighted by molar-refractivity contribution is 14.0. The molecule has 0 bridgehead atoms. The number of guanidine groups is 1. The van der Waals surface area contributed by atoms with Gasteiger partial charge in [0, 0.05) is 51.0 Å². The highest BCUT2D eigenvalue weighted by atomic mass is 127. The molecule has 164 valence electrons. The monoisotopic (exact) mass is 526 g/mol. The van der Waals surface area contributed by atoms with E-state index in [-0.39, 0.29) is 24.0 Å². The molecule has 0 radical (unpaired) electrons. The topological polar surface area (TPSA) is 58.6 Å². The predicted octanol–water partition coefficient (Wildman–Crippen LogP) is 3.23. The van der Waals surface area contributed by atoms with Crippen LogP contribution in [-0.2, 0) is 6.54 Å². The molecule has 1 saturated heterocycles. The number of hydrogen-bond acceptors (Lipinski definition) is 5. The summed E-state index contributed by atoms with van der Waals surface area (Å²) in [6.07, 6.45) is 0. The third kappa shape index (κ3) is 5.62. The molecular formula is C22H31IN4O3. The van der Waals surface area contributed by atoms with Crippen molar-refractivity contribution in [3.05, 3.63) is 48.0 Å².